The molecule has 0 heterocycles. The fraction of sp³-hybridized carbons (Fsp3) is 0.235. The van der Waals surface area contributed by atoms with Gasteiger partial charge in [0.2, 0.25) is 0 Å². The maximum Gasteiger partial charge on any atom is 0.251 e. The van der Waals surface area contributed by atoms with Gasteiger partial charge in [-0.25, -0.2) is 8.78 Å². The van der Waals surface area contributed by atoms with Crippen LogP contribution in [0.2, 0.25) is 0 Å². The molecule has 3 nitrogen and oxygen atoms in total. The van der Waals surface area contributed by atoms with Gasteiger partial charge >= 0.3 is 0 Å². The van der Waals surface area contributed by atoms with Gasteiger partial charge in [-0.1, -0.05) is 12.1 Å². The molecule has 116 valence electrons. The van der Waals surface area contributed by atoms with E-state index in [1.54, 1.807) is 0 Å². The Bertz CT molecular complexity index is 656. The summed E-state index contributed by atoms with van der Waals surface area (Å²) in [7, 11) is 0. The second-order valence-corrected chi connectivity index (χ2v) is 4.83. The topological polar surface area (TPSA) is 38.3 Å². The van der Waals surface area contributed by atoms with Gasteiger partial charge in [-0.05, 0) is 49.7 Å². The first-order valence-electron chi connectivity index (χ1n) is 7.00. The van der Waals surface area contributed by atoms with Gasteiger partial charge in [0.15, 0.2) is 11.6 Å². The fourth-order valence-corrected chi connectivity index (χ4v) is 2.02. The van der Waals surface area contributed by atoms with Crippen molar-refractivity contribution in [2.75, 3.05) is 6.61 Å². The Labute approximate surface area is 127 Å². The van der Waals surface area contributed by atoms with Crippen LogP contribution in [0.1, 0.15) is 35.8 Å². The van der Waals surface area contributed by atoms with Gasteiger partial charge in [-0.15, -0.1) is 0 Å². The monoisotopic (exact) mass is 305 g/mol. The van der Waals surface area contributed by atoms with Crippen molar-refractivity contribution in [3.63, 3.8) is 0 Å². The molecule has 0 saturated carbocycles. The standard InChI is InChI=1S/C17H17F2NO2/c1-3-22-14-7-4-12(5-8-14)11(2)20-17(21)13-6-9-15(18)16(19)10-13/h4-11H,3H2,1-2H3,(H,20,21)/t11-/m0/s1. The van der Waals surface area contributed by atoms with Crippen LogP contribution in [-0.4, -0.2) is 12.5 Å². The lowest BCUT2D eigenvalue weighted by molar-refractivity contribution is 0.0939. The zero-order chi connectivity index (χ0) is 16.1. The van der Waals surface area contributed by atoms with Gasteiger partial charge in [-0.3, -0.25) is 4.79 Å². The molecule has 0 fully saturated rings. The van der Waals surface area contributed by atoms with E-state index in [0.29, 0.717) is 6.61 Å². The molecule has 2 rings (SSSR count). The quantitative estimate of drug-likeness (QED) is 0.911. The molecular formula is C17H17F2NO2. The lowest BCUT2D eigenvalue weighted by Crippen LogP contribution is -2.26. The molecule has 0 radical (unpaired) electrons. The number of amides is 1. The minimum atomic E-state index is -1.04. The SMILES string of the molecule is CCOc1ccc([C@H](C)NC(=O)c2ccc(F)c(F)c2)cc1. The normalized spacial score (nSPS) is 11.8. The first-order valence-corrected chi connectivity index (χ1v) is 7.00. The molecule has 1 atom stereocenters. The summed E-state index contributed by atoms with van der Waals surface area (Å²) < 4.78 is 31.4. The zero-order valence-electron chi connectivity index (χ0n) is 12.4. The van der Waals surface area contributed by atoms with Crippen LogP contribution in [0, 0.1) is 11.6 Å². The molecule has 0 bridgehead atoms. The van der Waals surface area contributed by atoms with E-state index < -0.39 is 17.5 Å². The number of halogens is 2. The van der Waals surface area contributed by atoms with Gasteiger partial charge in [0.05, 0.1) is 12.6 Å². The van der Waals surface area contributed by atoms with Crippen LogP contribution in [0.5, 0.6) is 5.75 Å². The second kappa shape index (κ2) is 7.02. The summed E-state index contributed by atoms with van der Waals surface area (Å²) in [5.41, 5.74) is 0.969. The lowest BCUT2D eigenvalue weighted by atomic mass is 10.1. The Balaban J connectivity index is 2.05. The Morgan fingerprint density at radius 3 is 2.41 bits per heavy atom. The molecule has 0 aliphatic rings. The van der Waals surface area contributed by atoms with Crippen molar-refractivity contribution in [2.45, 2.75) is 19.9 Å². The molecule has 2 aromatic rings. The van der Waals surface area contributed by atoms with E-state index in [-0.39, 0.29) is 11.6 Å². The van der Waals surface area contributed by atoms with E-state index in [2.05, 4.69) is 5.32 Å². The number of nitrogens with one attached hydrogen (secondary N) is 1. The van der Waals surface area contributed by atoms with Gasteiger partial charge < -0.3 is 10.1 Å². The van der Waals surface area contributed by atoms with E-state index in [4.69, 9.17) is 4.74 Å². The molecule has 1 amide bonds. The highest BCUT2D eigenvalue weighted by Gasteiger charge is 2.13. The summed E-state index contributed by atoms with van der Waals surface area (Å²) >= 11 is 0. The average molecular weight is 305 g/mol. The summed E-state index contributed by atoms with van der Waals surface area (Å²) in [5, 5.41) is 2.74. The Morgan fingerprint density at radius 2 is 1.82 bits per heavy atom. The third-order valence-electron chi connectivity index (χ3n) is 3.22. The van der Waals surface area contributed by atoms with E-state index >= 15 is 0 Å². The zero-order valence-corrected chi connectivity index (χ0v) is 12.4. The van der Waals surface area contributed by atoms with Crippen LogP contribution in [0.3, 0.4) is 0 Å². The summed E-state index contributed by atoms with van der Waals surface area (Å²) in [5.74, 6) is -1.72. The molecule has 0 aliphatic carbocycles. The number of hydrogen-bond donors (Lipinski definition) is 1. The highest BCUT2D eigenvalue weighted by molar-refractivity contribution is 5.94. The third-order valence-corrected chi connectivity index (χ3v) is 3.22. The Morgan fingerprint density at radius 1 is 1.14 bits per heavy atom. The van der Waals surface area contributed by atoms with Crippen LogP contribution in [0.4, 0.5) is 8.78 Å². The number of carbonyl (C=O) groups excluding carboxylic acids is 1. The van der Waals surface area contributed by atoms with Gasteiger partial charge in [-0.2, -0.15) is 0 Å². The minimum absolute atomic E-state index is 0.0803. The highest BCUT2D eigenvalue weighted by Crippen LogP contribution is 2.18. The van der Waals surface area contributed by atoms with Crippen LogP contribution in [0.25, 0.3) is 0 Å². The van der Waals surface area contributed by atoms with E-state index in [1.807, 2.05) is 38.1 Å². The summed E-state index contributed by atoms with van der Waals surface area (Å²) in [6, 6.07) is 10.1. The van der Waals surface area contributed by atoms with Gasteiger partial charge in [0, 0.05) is 5.56 Å². The first-order chi connectivity index (χ1) is 10.5. The molecule has 0 spiro atoms. The summed E-state index contributed by atoms with van der Waals surface area (Å²) in [6.07, 6.45) is 0. The predicted octanol–water partition coefficient (Wildman–Crippen LogP) is 3.85. The van der Waals surface area contributed by atoms with Crippen molar-refractivity contribution in [3.8, 4) is 5.75 Å². The molecule has 1 N–H and O–H groups in total. The van der Waals surface area contributed by atoms with Gasteiger partial charge in [0.1, 0.15) is 5.75 Å². The minimum Gasteiger partial charge on any atom is -0.494 e. The Hall–Kier alpha value is -2.43. The van der Waals surface area contributed by atoms with Crippen molar-refractivity contribution in [3.05, 3.63) is 65.2 Å². The fourth-order valence-electron chi connectivity index (χ4n) is 2.02. The molecule has 0 aliphatic heterocycles. The van der Waals surface area contributed by atoms with Crippen LogP contribution in [0.15, 0.2) is 42.5 Å². The van der Waals surface area contributed by atoms with E-state index in [9.17, 15) is 13.6 Å². The number of carbonyl (C=O) groups is 1. The third kappa shape index (κ3) is 3.81. The van der Waals surface area contributed by atoms with Crippen molar-refractivity contribution in [1.82, 2.24) is 5.32 Å². The van der Waals surface area contributed by atoms with Crippen molar-refractivity contribution < 1.29 is 18.3 Å². The number of rotatable bonds is 5. The maximum atomic E-state index is 13.1. The van der Waals surface area contributed by atoms with Crippen LogP contribution >= 0.6 is 0 Å². The largest absolute Gasteiger partial charge is 0.494 e. The van der Waals surface area contributed by atoms with Gasteiger partial charge in [0.25, 0.3) is 5.91 Å². The summed E-state index contributed by atoms with van der Waals surface area (Å²) in [4.78, 5) is 12.0. The van der Waals surface area contributed by atoms with Crippen molar-refractivity contribution in [1.29, 1.82) is 0 Å². The second-order valence-electron chi connectivity index (χ2n) is 4.83. The average Bonchev–Trinajstić information content (AvgIpc) is 2.51. The molecule has 0 unspecified atom stereocenters. The number of ether oxygens (including phenoxy) is 1. The molecule has 5 heteroatoms. The van der Waals surface area contributed by atoms with Crippen LogP contribution in [-0.2, 0) is 0 Å². The number of benzene rings is 2. The van der Waals surface area contributed by atoms with Crippen molar-refractivity contribution >= 4 is 5.91 Å². The molecule has 22 heavy (non-hydrogen) atoms. The first kappa shape index (κ1) is 15.9. The molecule has 2 aromatic carbocycles. The van der Waals surface area contributed by atoms with E-state index in [0.717, 1.165) is 23.4 Å². The predicted molar refractivity (Wildman–Crippen MR) is 79.9 cm³/mol. The highest BCUT2D eigenvalue weighted by atomic mass is 19.2. The van der Waals surface area contributed by atoms with E-state index in [1.165, 1.54) is 6.07 Å². The summed E-state index contributed by atoms with van der Waals surface area (Å²) in [6.45, 7) is 4.30. The molecule has 0 saturated heterocycles. The Kier molecular flexibility index (Phi) is 5.09. The molecule has 0 aromatic heterocycles. The smallest absolute Gasteiger partial charge is 0.251 e. The maximum absolute atomic E-state index is 13.1. The van der Waals surface area contributed by atoms with Crippen LogP contribution < -0.4 is 10.1 Å². The van der Waals surface area contributed by atoms with Crippen molar-refractivity contribution in [2.24, 2.45) is 0 Å². The molecular weight excluding hydrogens is 288 g/mol. The number of hydrogen-bond acceptors (Lipinski definition) is 2. The lowest BCUT2D eigenvalue weighted by Gasteiger charge is -2.15.